The lowest BCUT2D eigenvalue weighted by Crippen LogP contribution is -2.13. The van der Waals surface area contributed by atoms with Crippen molar-refractivity contribution < 1.29 is 13.2 Å². The van der Waals surface area contributed by atoms with Gasteiger partial charge in [-0.25, -0.2) is 4.99 Å². The molecule has 0 radical (unpaired) electrons. The summed E-state index contributed by atoms with van der Waals surface area (Å²) >= 11 is 0. The molecule has 0 unspecified atom stereocenters. The standard InChI is InChI=1S/C22H20N2O3S/c1-15-9-11-19(12-10-15)28(26,27)24-22(18-7-5-4-6-8-18)23-20-13-17(3)21(25)14-16(20)2/h4-14H,1-3H3. The molecule has 28 heavy (non-hydrogen) atoms. The van der Waals surface area contributed by atoms with Gasteiger partial charge in [-0.3, -0.25) is 4.79 Å². The van der Waals surface area contributed by atoms with Crippen LogP contribution < -0.4 is 0 Å². The lowest BCUT2D eigenvalue weighted by molar-refractivity contribution is -0.111. The Hall–Kier alpha value is -3.12. The van der Waals surface area contributed by atoms with Gasteiger partial charge < -0.3 is 0 Å². The summed E-state index contributed by atoms with van der Waals surface area (Å²) in [6.07, 6.45) is 3.14. The lowest BCUT2D eigenvalue weighted by atomic mass is 9.98. The molecule has 0 saturated heterocycles. The summed E-state index contributed by atoms with van der Waals surface area (Å²) in [5, 5.41) is 0. The fourth-order valence-corrected chi connectivity index (χ4v) is 3.57. The fourth-order valence-electron chi connectivity index (χ4n) is 2.61. The van der Waals surface area contributed by atoms with Crippen LogP contribution in [0.4, 0.5) is 0 Å². The molecule has 0 atom stereocenters. The van der Waals surface area contributed by atoms with Gasteiger partial charge in [0.15, 0.2) is 11.6 Å². The Morgan fingerprint density at radius 1 is 0.821 bits per heavy atom. The molecule has 0 heterocycles. The zero-order chi connectivity index (χ0) is 20.3. The summed E-state index contributed by atoms with van der Waals surface area (Å²) in [6.45, 7) is 5.34. The normalized spacial score (nSPS) is 16.8. The number of rotatable bonds is 3. The number of carbonyl (C=O) groups excluding carboxylic acids is 1. The number of aryl methyl sites for hydroxylation is 1. The van der Waals surface area contributed by atoms with Crippen molar-refractivity contribution in [2.24, 2.45) is 9.39 Å². The predicted molar refractivity (Wildman–Crippen MR) is 111 cm³/mol. The number of aliphatic imine (C=N–C) groups is 1. The van der Waals surface area contributed by atoms with Gasteiger partial charge in [0.1, 0.15) is 0 Å². The molecule has 2 aromatic rings. The number of hydrogen-bond donors (Lipinski definition) is 0. The molecule has 0 N–H and O–H groups in total. The quantitative estimate of drug-likeness (QED) is 0.449. The highest BCUT2D eigenvalue weighted by Gasteiger charge is 2.18. The highest BCUT2D eigenvalue weighted by molar-refractivity contribution is 7.90. The number of sulfonamides is 1. The third kappa shape index (κ3) is 4.40. The van der Waals surface area contributed by atoms with Gasteiger partial charge in [0, 0.05) is 5.56 Å². The molecule has 0 bridgehead atoms. The molecular weight excluding hydrogens is 372 g/mol. The van der Waals surface area contributed by atoms with Crippen LogP contribution in [0.25, 0.3) is 0 Å². The maximum atomic E-state index is 12.8. The first-order valence-corrected chi connectivity index (χ1v) is 10.2. The minimum Gasteiger partial charge on any atom is -0.290 e. The van der Waals surface area contributed by atoms with Gasteiger partial charge in [-0.1, -0.05) is 48.0 Å². The Kier molecular flexibility index (Phi) is 5.51. The van der Waals surface area contributed by atoms with Crippen molar-refractivity contribution in [1.82, 2.24) is 0 Å². The first-order chi connectivity index (χ1) is 13.3. The van der Waals surface area contributed by atoms with Crippen molar-refractivity contribution in [1.29, 1.82) is 0 Å². The van der Waals surface area contributed by atoms with E-state index in [-0.39, 0.29) is 16.5 Å². The van der Waals surface area contributed by atoms with E-state index in [9.17, 15) is 13.2 Å². The van der Waals surface area contributed by atoms with E-state index < -0.39 is 10.0 Å². The van der Waals surface area contributed by atoms with Crippen LogP contribution in [-0.4, -0.2) is 25.7 Å². The number of ketones is 1. The van der Waals surface area contributed by atoms with Crippen LogP contribution in [0, 0.1) is 6.92 Å². The highest BCUT2D eigenvalue weighted by atomic mass is 32.2. The number of hydrogen-bond acceptors (Lipinski definition) is 3. The smallest absolute Gasteiger partial charge is 0.284 e. The summed E-state index contributed by atoms with van der Waals surface area (Å²) in [5.41, 5.74) is 3.24. The summed E-state index contributed by atoms with van der Waals surface area (Å²) in [4.78, 5) is 16.4. The molecule has 6 heteroatoms. The number of allylic oxidation sites excluding steroid dienone is 4. The van der Waals surface area contributed by atoms with Gasteiger partial charge in [-0.05, 0) is 56.2 Å². The Bertz CT molecular complexity index is 1140. The Morgan fingerprint density at radius 3 is 2.11 bits per heavy atom. The van der Waals surface area contributed by atoms with Crippen molar-refractivity contribution in [3.63, 3.8) is 0 Å². The molecular formula is C22H20N2O3S. The van der Waals surface area contributed by atoms with Gasteiger partial charge in [-0.15, -0.1) is 4.40 Å². The first-order valence-electron chi connectivity index (χ1n) is 8.73. The Morgan fingerprint density at radius 2 is 1.46 bits per heavy atom. The number of nitrogens with zero attached hydrogens (tertiary/aromatic N) is 2. The molecule has 0 spiro atoms. The van der Waals surface area contributed by atoms with E-state index in [4.69, 9.17) is 0 Å². The molecule has 0 saturated carbocycles. The minimum atomic E-state index is -3.94. The molecule has 142 valence electrons. The monoisotopic (exact) mass is 392 g/mol. The van der Waals surface area contributed by atoms with Crippen LogP contribution in [0.15, 0.2) is 92.2 Å². The number of amidine groups is 1. The zero-order valence-electron chi connectivity index (χ0n) is 15.9. The fraction of sp³-hybridized carbons (Fsp3) is 0.136. The third-order valence-electron chi connectivity index (χ3n) is 4.28. The van der Waals surface area contributed by atoms with Crippen LogP contribution in [0.2, 0.25) is 0 Å². The van der Waals surface area contributed by atoms with Crippen molar-refractivity contribution in [3.05, 3.63) is 89.0 Å². The second kappa shape index (κ2) is 7.86. The van der Waals surface area contributed by atoms with Crippen molar-refractivity contribution in [3.8, 4) is 0 Å². The van der Waals surface area contributed by atoms with E-state index in [1.807, 2.05) is 13.0 Å². The van der Waals surface area contributed by atoms with E-state index in [0.717, 1.165) is 5.56 Å². The van der Waals surface area contributed by atoms with E-state index in [0.29, 0.717) is 22.4 Å². The molecule has 5 nitrogen and oxygen atoms in total. The van der Waals surface area contributed by atoms with Crippen molar-refractivity contribution >= 4 is 27.4 Å². The van der Waals surface area contributed by atoms with E-state index in [1.54, 1.807) is 56.3 Å². The average Bonchev–Trinajstić information content (AvgIpc) is 2.66. The van der Waals surface area contributed by atoms with Crippen LogP contribution in [0.5, 0.6) is 0 Å². The van der Waals surface area contributed by atoms with Crippen molar-refractivity contribution in [2.45, 2.75) is 25.7 Å². The molecule has 1 aliphatic rings. The largest absolute Gasteiger partial charge is 0.290 e. The minimum absolute atomic E-state index is 0.0716. The second-order valence-corrected chi connectivity index (χ2v) is 8.19. The average molecular weight is 392 g/mol. The van der Waals surface area contributed by atoms with Crippen LogP contribution in [0.1, 0.15) is 25.0 Å². The number of carbonyl (C=O) groups is 1. The molecule has 1 aliphatic carbocycles. The van der Waals surface area contributed by atoms with Gasteiger partial charge in [0.25, 0.3) is 10.0 Å². The summed E-state index contributed by atoms with van der Waals surface area (Å²) < 4.78 is 29.7. The summed E-state index contributed by atoms with van der Waals surface area (Å²) in [6, 6.07) is 15.4. The molecule has 3 rings (SSSR count). The SMILES string of the molecule is CC1=CC(=NC(=NS(=O)(=O)c2ccc(C)cc2)c2ccccc2)C(C)=CC1=O. The van der Waals surface area contributed by atoms with E-state index >= 15 is 0 Å². The second-order valence-electron chi connectivity index (χ2n) is 6.59. The topological polar surface area (TPSA) is 75.9 Å². The first kappa shape index (κ1) is 19.6. The van der Waals surface area contributed by atoms with E-state index in [2.05, 4.69) is 9.39 Å². The summed E-state index contributed by atoms with van der Waals surface area (Å²) in [7, 11) is -3.94. The Balaban J connectivity index is 2.15. The Labute approximate surface area is 164 Å². The lowest BCUT2D eigenvalue weighted by Gasteiger charge is -2.11. The molecule has 0 aliphatic heterocycles. The maximum Gasteiger partial charge on any atom is 0.284 e. The van der Waals surface area contributed by atoms with Crippen LogP contribution in [0.3, 0.4) is 0 Å². The number of benzene rings is 2. The van der Waals surface area contributed by atoms with Gasteiger partial charge in [-0.2, -0.15) is 8.42 Å². The van der Waals surface area contributed by atoms with Gasteiger partial charge in [0.2, 0.25) is 0 Å². The molecule has 0 fully saturated rings. The van der Waals surface area contributed by atoms with Crippen LogP contribution >= 0.6 is 0 Å². The zero-order valence-corrected chi connectivity index (χ0v) is 16.7. The molecule has 2 aromatic carbocycles. The van der Waals surface area contributed by atoms with Crippen molar-refractivity contribution in [2.75, 3.05) is 0 Å². The molecule has 0 amide bonds. The van der Waals surface area contributed by atoms with Gasteiger partial charge in [0.05, 0.1) is 10.6 Å². The molecule has 0 aromatic heterocycles. The van der Waals surface area contributed by atoms with E-state index in [1.165, 1.54) is 18.2 Å². The highest BCUT2D eigenvalue weighted by Crippen LogP contribution is 2.18. The third-order valence-corrected chi connectivity index (χ3v) is 5.56. The maximum absolute atomic E-state index is 12.8. The summed E-state index contributed by atoms with van der Waals surface area (Å²) in [5.74, 6) is -0.00995. The van der Waals surface area contributed by atoms with Crippen LogP contribution in [-0.2, 0) is 14.8 Å². The predicted octanol–water partition coefficient (Wildman–Crippen LogP) is 4.05. The van der Waals surface area contributed by atoms with Gasteiger partial charge >= 0.3 is 0 Å².